The Balaban J connectivity index is 1.93. The smallest absolute Gasteiger partial charge is 0.251 e. The maximum absolute atomic E-state index is 11.9. The van der Waals surface area contributed by atoms with Crippen LogP contribution in [0.25, 0.3) is 0 Å². The number of carbonyl (C=O) groups is 2. The molecular formula is C23H31N5O2. The van der Waals surface area contributed by atoms with Crippen LogP contribution in [-0.4, -0.2) is 37.4 Å². The minimum absolute atomic E-state index is 0.177. The van der Waals surface area contributed by atoms with Gasteiger partial charge in [-0.3, -0.25) is 9.59 Å². The highest BCUT2D eigenvalue weighted by molar-refractivity contribution is 5.96. The molecule has 2 rings (SSSR count). The number of aryl methyl sites for hydroxylation is 1. The lowest BCUT2D eigenvalue weighted by Gasteiger charge is -2.16. The predicted octanol–water partition coefficient (Wildman–Crippen LogP) is 2.07. The monoisotopic (exact) mass is 409 g/mol. The number of primary amides is 1. The van der Waals surface area contributed by atoms with Crippen LogP contribution in [0.15, 0.2) is 53.5 Å². The van der Waals surface area contributed by atoms with Crippen LogP contribution in [0.2, 0.25) is 0 Å². The summed E-state index contributed by atoms with van der Waals surface area (Å²) < 4.78 is 0. The topological polar surface area (TPSA) is 109 Å². The van der Waals surface area contributed by atoms with Gasteiger partial charge in [-0.15, -0.1) is 0 Å². The summed E-state index contributed by atoms with van der Waals surface area (Å²) in [4.78, 5) is 27.3. The second kappa shape index (κ2) is 11.6. The van der Waals surface area contributed by atoms with Gasteiger partial charge >= 0.3 is 0 Å². The molecule has 0 fully saturated rings. The summed E-state index contributed by atoms with van der Waals surface area (Å²) in [7, 11) is 0. The van der Waals surface area contributed by atoms with Crippen molar-refractivity contribution in [2.75, 3.05) is 19.6 Å². The highest BCUT2D eigenvalue weighted by Gasteiger charge is 2.08. The van der Waals surface area contributed by atoms with Crippen LogP contribution in [0, 0.1) is 6.92 Å². The van der Waals surface area contributed by atoms with E-state index in [1.165, 1.54) is 11.1 Å². The summed E-state index contributed by atoms with van der Waals surface area (Å²) in [5.41, 5.74) is 9.04. The van der Waals surface area contributed by atoms with Crippen molar-refractivity contribution in [2.45, 2.75) is 33.2 Å². The molecule has 0 aliphatic rings. The lowest BCUT2D eigenvalue weighted by atomic mass is 9.99. The molecule has 160 valence electrons. The van der Waals surface area contributed by atoms with Gasteiger partial charge in [0.25, 0.3) is 5.91 Å². The molecule has 1 atom stereocenters. The van der Waals surface area contributed by atoms with Gasteiger partial charge in [0.2, 0.25) is 5.91 Å². The number of rotatable bonds is 9. The van der Waals surface area contributed by atoms with Gasteiger partial charge in [0, 0.05) is 18.7 Å². The van der Waals surface area contributed by atoms with E-state index in [2.05, 4.69) is 59.1 Å². The van der Waals surface area contributed by atoms with Crippen molar-refractivity contribution in [3.8, 4) is 0 Å². The summed E-state index contributed by atoms with van der Waals surface area (Å²) >= 11 is 0. The van der Waals surface area contributed by atoms with E-state index in [-0.39, 0.29) is 12.5 Å². The molecule has 0 bridgehead atoms. The van der Waals surface area contributed by atoms with Gasteiger partial charge in [-0.2, -0.15) is 0 Å². The largest absolute Gasteiger partial charge is 0.368 e. The van der Waals surface area contributed by atoms with Gasteiger partial charge in [0.1, 0.15) is 0 Å². The molecule has 7 heteroatoms. The number of nitrogens with two attached hydrogens (primary N) is 1. The first-order valence-electron chi connectivity index (χ1n) is 10.1. The summed E-state index contributed by atoms with van der Waals surface area (Å²) in [6.07, 6.45) is 0. The maximum Gasteiger partial charge on any atom is 0.251 e. The van der Waals surface area contributed by atoms with Crippen molar-refractivity contribution < 1.29 is 9.59 Å². The maximum atomic E-state index is 11.9. The van der Waals surface area contributed by atoms with Crippen molar-refractivity contribution in [1.29, 1.82) is 0 Å². The fourth-order valence-corrected chi connectivity index (χ4v) is 2.89. The second-order valence-corrected chi connectivity index (χ2v) is 7.24. The molecule has 2 amide bonds. The van der Waals surface area contributed by atoms with E-state index < -0.39 is 5.91 Å². The third kappa shape index (κ3) is 7.58. The summed E-state index contributed by atoms with van der Waals surface area (Å²) in [6, 6.07) is 15.6. The second-order valence-electron chi connectivity index (χ2n) is 7.24. The zero-order chi connectivity index (χ0) is 21.9. The van der Waals surface area contributed by atoms with E-state index in [0.29, 0.717) is 18.0 Å². The van der Waals surface area contributed by atoms with Crippen molar-refractivity contribution in [1.82, 2.24) is 16.0 Å². The lowest BCUT2D eigenvalue weighted by Crippen LogP contribution is -2.39. The molecule has 2 aromatic rings. The molecule has 0 heterocycles. The van der Waals surface area contributed by atoms with Crippen LogP contribution < -0.4 is 21.7 Å². The summed E-state index contributed by atoms with van der Waals surface area (Å²) in [5, 5.41) is 9.12. The van der Waals surface area contributed by atoms with Crippen LogP contribution in [0.4, 0.5) is 0 Å². The molecule has 5 N–H and O–H groups in total. The predicted molar refractivity (Wildman–Crippen MR) is 120 cm³/mol. The molecule has 2 aromatic carbocycles. The summed E-state index contributed by atoms with van der Waals surface area (Å²) in [5.74, 6) is 0.200. The van der Waals surface area contributed by atoms with E-state index in [1.807, 2.05) is 19.1 Å². The fraction of sp³-hybridized carbons (Fsp3) is 0.348. The molecule has 0 aliphatic carbocycles. The minimum Gasteiger partial charge on any atom is -0.368 e. The van der Waals surface area contributed by atoms with Crippen LogP contribution in [0.1, 0.15) is 46.8 Å². The van der Waals surface area contributed by atoms with E-state index in [1.54, 1.807) is 12.1 Å². The number of nitrogens with zero attached hydrogens (tertiary/aromatic N) is 1. The molecule has 1 unspecified atom stereocenters. The van der Waals surface area contributed by atoms with Crippen LogP contribution >= 0.6 is 0 Å². The van der Waals surface area contributed by atoms with Crippen molar-refractivity contribution in [2.24, 2.45) is 10.7 Å². The van der Waals surface area contributed by atoms with Gasteiger partial charge in [0.05, 0.1) is 13.1 Å². The number of benzene rings is 2. The van der Waals surface area contributed by atoms with Gasteiger partial charge in [-0.25, -0.2) is 4.99 Å². The lowest BCUT2D eigenvalue weighted by molar-refractivity contribution is -0.117. The van der Waals surface area contributed by atoms with Crippen LogP contribution in [-0.2, 0) is 11.3 Å². The molecule has 7 nitrogen and oxygen atoms in total. The van der Waals surface area contributed by atoms with E-state index in [0.717, 1.165) is 24.6 Å². The van der Waals surface area contributed by atoms with Crippen molar-refractivity contribution in [3.63, 3.8) is 0 Å². The van der Waals surface area contributed by atoms with Gasteiger partial charge in [0.15, 0.2) is 5.96 Å². The number of amides is 2. The molecule has 0 radical (unpaired) electrons. The zero-order valence-electron chi connectivity index (χ0n) is 17.9. The Labute approximate surface area is 178 Å². The average Bonchev–Trinajstić information content (AvgIpc) is 2.74. The Morgan fingerprint density at radius 1 is 1.07 bits per heavy atom. The molecule has 0 spiro atoms. The molecule has 30 heavy (non-hydrogen) atoms. The van der Waals surface area contributed by atoms with Crippen molar-refractivity contribution >= 4 is 17.8 Å². The Hall–Kier alpha value is -3.35. The Bertz CT molecular complexity index is 877. The van der Waals surface area contributed by atoms with Gasteiger partial charge in [-0.1, -0.05) is 48.9 Å². The highest BCUT2D eigenvalue weighted by atomic mass is 16.2. The number of carbonyl (C=O) groups excluding carboxylic acids is 2. The molecule has 0 saturated heterocycles. The van der Waals surface area contributed by atoms with Crippen LogP contribution in [0.5, 0.6) is 0 Å². The minimum atomic E-state index is -0.575. The molecule has 0 aliphatic heterocycles. The third-order valence-electron chi connectivity index (χ3n) is 4.59. The van der Waals surface area contributed by atoms with Gasteiger partial charge < -0.3 is 21.7 Å². The van der Waals surface area contributed by atoms with Crippen molar-refractivity contribution in [3.05, 3.63) is 70.8 Å². The highest BCUT2D eigenvalue weighted by Crippen LogP contribution is 2.15. The molecule has 0 aromatic heterocycles. The average molecular weight is 410 g/mol. The fourth-order valence-electron chi connectivity index (χ4n) is 2.89. The normalized spacial score (nSPS) is 12.2. The first-order valence-corrected chi connectivity index (χ1v) is 10.1. The third-order valence-corrected chi connectivity index (χ3v) is 4.59. The number of aliphatic imine (C=N–C) groups is 1. The number of guanidine groups is 1. The first kappa shape index (κ1) is 22.9. The van der Waals surface area contributed by atoms with E-state index >= 15 is 0 Å². The zero-order valence-corrected chi connectivity index (χ0v) is 17.9. The molecule has 0 saturated carbocycles. The quantitative estimate of drug-likeness (QED) is 0.375. The molecular weight excluding hydrogens is 378 g/mol. The summed E-state index contributed by atoms with van der Waals surface area (Å²) in [6.45, 7) is 8.16. The standard InChI is InChI=1S/C23H31N5O2/c1-4-25-23(27-13-17(3)20-7-5-6-16(2)12-20)28-14-18-8-10-19(11-9-18)22(30)26-15-21(24)29/h5-12,17H,4,13-15H2,1-3H3,(H2,24,29)(H,26,30)(H2,25,27,28). The van der Waals surface area contributed by atoms with Gasteiger partial charge in [-0.05, 0) is 43.0 Å². The Kier molecular flexibility index (Phi) is 8.87. The Morgan fingerprint density at radius 2 is 1.80 bits per heavy atom. The van der Waals surface area contributed by atoms with E-state index in [9.17, 15) is 9.59 Å². The number of nitrogens with one attached hydrogen (secondary N) is 3. The van der Waals surface area contributed by atoms with E-state index in [4.69, 9.17) is 5.73 Å². The first-order chi connectivity index (χ1) is 14.4. The Morgan fingerprint density at radius 3 is 2.43 bits per heavy atom. The number of hydrogen-bond donors (Lipinski definition) is 4. The SMILES string of the molecule is CCNC(=NCc1ccc(C(=O)NCC(N)=O)cc1)NCC(C)c1cccc(C)c1. The number of hydrogen-bond acceptors (Lipinski definition) is 3. The van der Waals surface area contributed by atoms with Crippen LogP contribution in [0.3, 0.4) is 0 Å².